The number of fused-ring (bicyclic) bond motifs is 2. The standard InChI is InChI=1S/C28H25N7O3/c29-25-24-23(20-11-6-17-12-13-21(33-22(17)14-20)16-4-2-1-3-5-16)34-26(35(24)32-15-31-25)18-7-9-19(10-8-18)27(36)38-28(30)37/h1-6,11-15,18-19H,7-10H2,(H2,30,37)(H2,29,31,32). The van der Waals surface area contributed by atoms with Gasteiger partial charge in [-0.3, -0.25) is 4.79 Å². The van der Waals surface area contributed by atoms with E-state index in [9.17, 15) is 9.59 Å². The van der Waals surface area contributed by atoms with Crippen molar-refractivity contribution in [3.8, 4) is 22.5 Å². The topological polar surface area (TPSA) is 151 Å². The molecule has 1 amide bonds. The average molecular weight is 508 g/mol. The van der Waals surface area contributed by atoms with Gasteiger partial charge in [-0.05, 0) is 37.8 Å². The second kappa shape index (κ2) is 9.55. The van der Waals surface area contributed by atoms with Gasteiger partial charge >= 0.3 is 12.1 Å². The number of hydrogen-bond acceptors (Lipinski definition) is 8. The SMILES string of the molecule is NC(=O)OC(=O)C1CCC(c2nc(-c3ccc4ccc(-c5ccccc5)nc4c3)c3c(N)ncnn23)CC1. The second-order valence-electron chi connectivity index (χ2n) is 9.48. The third kappa shape index (κ3) is 4.30. The molecule has 4 N–H and O–H groups in total. The van der Waals surface area contributed by atoms with Crippen LogP contribution in [0.25, 0.3) is 38.9 Å². The molecule has 1 saturated carbocycles. The van der Waals surface area contributed by atoms with Crippen LogP contribution < -0.4 is 11.5 Å². The van der Waals surface area contributed by atoms with Crippen LogP contribution in [0.3, 0.4) is 0 Å². The Kier molecular flexibility index (Phi) is 5.91. The molecule has 10 heteroatoms. The quantitative estimate of drug-likeness (QED) is 0.267. The van der Waals surface area contributed by atoms with Gasteiger partial charge in [0.2, 0.25) is 0 Å². The number of pyridine rings is 1. The molecule has 10 nitrogen and oxygen atoms in total. The smallest absolute Gasteiger partial charge is 0.382 e. The van der Waals surface area contributed by atoms with E-state index < -0.39 is 12.1 Å². The van der Waals surface area contributed by atoms with Crippen molar-refractivity contribution in [2.75, 3.05) is 5.73 Å². The normalized spacial score (nSPS) is 17.5. The maximum absolute atomic E-state index is 12.1. The summed E-state index contributed by atoms with van der Waals surface area (Å²) in [5, 5.41) is 5.48. The highest BCUT2D eigenvalue weighted by molar-refractivity contribution is 5.91. The van der Waals surface area contributed by atoms with E-state index in [1.54, 1.807) is 4.52 Å². The third-order valence-corrected chi connectivity index (χ3v) is 7.15. The lowest BCUT2D eigenvalue weighted by atomic mass is 9.81. The highest BCUT2D eigenvalue weighted by Crippen LogP contribution is 2.39. The number of rotatable bonds is 4. The van der Waals surface area contributed by atoms with Gasteiger partial charge in [0.25, 0.3) is 0 Å². The Morgan fingerprint density at radius 1 is 0.921 bits per heavy atom. The van der Waals surface area contributed by atoms with E-state index in [-0.39, 0.29) is 11.8 Å². The summed E-state index contributed by atoms with van der Waals surface area (Å²) in [5.74, 6) is 0.200. The Morgan fingerprint density at radius 3 is 2.45 bits per heavy atom. The van der Waals surface area contributed by atoms with Crippen LogP contribution in [-0.4, -0.2) is 36.6 Å². The zero-order valence-electron chi connectivity index (χ0n) is 20.4. The minimum absolute atomic E-state index is 0.0476. The number of anilines is 1. The molecule has 1 aliphatic rings. The molecule has 1 fully saturated rings. The first-order valence-corrected chi connectivity index (χ1v) is 12.4. The number of nitrogens with two attached hydrogens (primary N) is 2. The molecule has 0 bridgehead atoms. The summed E-state index contributed by atoms with van der Waals surface area (Å²) in [4.78, 5) is 37.2. The van der Waals surface area contributed by atoms with Crippen LogP contribution in [-0.2, 0) is 9.53 Å². The van der Waals surface area contributed by atoms with Crippen LogP contribution in [0, 0.1) is 5.92 Å². The van der Waals surface area contributed by atoms with Gasteiger partial charge < -0.3 is 16.2 Å². The molecule has 38 heavy (non-hydrogen) atoms. The van der Waals surface area contributed by atoms with Gasteiger partial charge in [-0.15, -0.1) is 0 Å². The number of aromatic nitrogens is 5. The van der Waals surface area contributed by atoms with Crippen molar-refractivity contribution in [3.05, 3.63) is 72.8 Å². The first kappa shape index (κ1) is 23.5. The molecule has 0 atom stereocenters. The lowest BCUT2D eigenvalue weighted by molar-refractivity contribution is -0.142. The fraction of sp³-hybridized carbons (Fsp3) is 0.214. The molecule has 3 aromatic heterocycles. The number of hydrogen-bond donors (Lipinski definition) is 2. The second-order valence-corrected chi connectivity index (χ2v) is 9.48. The van der Waals surface area contributed by atoms with Gasteiger partial charge in [0.15, 0.2) is 5.82 Å². The Labute approximate surface area is 217 Å². The van der Waals surface area contributed by atoms with Crippen LogP contribution in [0.15, 0.2) is 67.0 Å². The molecule has 1 aliphatic carbocycles. The van der Waals surface area contributed by atoms with Gasteiger partial charge in [-0.25, -0.2) is 24.3 Å². The van der Waals surface area contributed by atoms with E-state index in [0.717, 1.165) is 33.5 Å². The van der Waals surface area contributed by atoms with Crippen molar-refractivity contribution < 1.29 is 14.3 Å². The summed E-state index contributed by atoms with van der Waals surface area (Å²) in [5.41, 5.74) is 16.3. The minimum Gasteiger partial charge on any atom is -0.382 e. The molecule has 3 heterocycles. The Bertz CT molecular complexity index is 1670. The fourth-order valence-corrected chi connectivity index (χ4v) is 5.25. The lowest BCUT2D eigenvalue weighted by Crippen LogP contribution is -2.28. The summed E-state index contributed by atoms with van der Waals surface area (Å²) in [6, 6.07) is 20.1. The van der Waals surface area contributed by atoms with Crippen molar-refractivity contribution in [3.63, 3.8) is 0 Å². The van der Waals surface area contributed by atoms with Crippen LogP contribution in [0.1, 0.15) is 37.4 Å². The molecule has 0 spiro atoms. The number of nitrogens with zero attached hydrogens (tertiary/aromatic N) is 5. The molecular weight excluding hydrogens is 482 g/mol. The minimum atomic E-state index is -1.08. The molecule has 0 radical (unpaired) electrons. The predicted molar refractivity (Wildman–Crippen MR) is 142 cm³/mol. The molecule has 2 aromatic carbocycles. The molecule has 6 rings (SSSR count). The number of nitrogen functional groups attached to an aromatic ring is 1. The first-order chi connectivity index (χ1) is 18.5. The van der Waals surface area contributed by atoms with E-state index >= 15 is 0 Å². The predicted octanol–water partition coefficient (Wildman–Crippen LogP) is 4.48. The van der Waals surface area contributed by atoms with E-state index in [1.807, 2.05) is 54.6 Å². The number of amides is 1. The van der Waals surface area contributed by atoms with Gasteiger partial charge in [-0.2, -0.15) is 5.10 Å². The van der Waals surface area contributed by atoms with Crippen LogP contribution in [0.5, 0.6) is 0 Å². The number of imidazole rings is 1. The van der Waals surface area contributed by atoms with Crippen molar-refractivity contribution in [2.24, 2.45) is 11.7 Å². The zero-order chi connectivity index (χ0) is 26.2. The highest BCUT2D eigenvalue weighted by atomic mass is 16.6. The molecule has 0 saturated heterocycles. The number of carbonyl (C=O) groups is 2. The monoisotopic (exact) mass is 507 g/mol. The summed E-state index contributed by atoms with van der Waals surface area (Å²) in [7, 11) is 0. The molecule has 0 unspecified atom stereocenters. The van der Waals surface area contributed by atoms with Gasteiger partial charge in [-0.1, -0.05) is 48.5 Å². The van der Waals surface area contributed by atoms with Crippen LogP contribution >= 0.6 is 0 Å². The molecule has 5 aromatic rings. The molecular formula is C28H25N7O3. The summed E-state index contributed by atoms with van der Waals surface area (Å²) >= 11 is 0. The maximum atomic E-state index is 12.1. The van der Waals surface area contributed by atoms with Crippen molar-refractivity contribution in [1.29, 1.82) is 0 Å². The summed E-state index contributed by atoms with van der Waals surface area (Å²) in [6.07, 6.45) is 2.82. The fourth-order valence-electron chi connectivity index (χ4n) is 5.25. The summed E-state index contributed by atoms with van der Waals surface area (Å²) in [6.45, 7) is 0. The number of ether oxygens (including phenoxy) is 1. The van der Waals surface area contributed by atoms with Gasteiger partial charge in [0, 0.05) is 22.4 Å². The van der Waals surface area contributed by atoms with Gasteiger partial charge in [0.1, 0.15) is 23.4 Å². The molecule has 0 aliphatic heterocycles. The Hall–Kier alpha value is -4.86. The van der Waals surface area contributed by atoms with Crippen LogP contribution in [0.4, 0.5) is 10.6 Å². The Balaban J connectivity index is 1.37. The number of primary amides is 1. The number of carbonyl (C=O) groups excluding carboxylic acids is 2. The average Bonchev–Trinajstić information content (AvgIpc) is 3.34. The van der Waals surface area contributed by atoms with Crippen molar-refractivity contribution in [2.45, 2.75) is 31.6 Å². The third-order valence-electron chi connectivity index (χ3n) is 7.15. The van der Waals surface area contributed by atoms with E-state index in [0.29, 0.717) is 42.7 Å². The number of esters is 1. The van der Waals surface area contributed by atoms with E-state index in [4.69, 9.17) is 21.4 Å². The van der Waals surface area contributed by atoms with E-state index in [1.165, 1.54) is 6.33 Å². The largest absolute Gasteiger partial charge is 0.412 e. The molecule has 190 valence electrons. The maximum Gasteiger partial charge on any atom is 0.412 e. The number of benzene rings is 2. The van der Waals surface area contributed by atoms with Gasteiger partial charge in [0.05, 0.1) is 17.1 Å². The zero-order valence-corrected chi connectivity index (χ0v) is 20.4. The van der Waals surface area contributed by atoms with Crippen molar-refractivity contribution >= 4 is 34.3 Å². The van der Waals surface area contributed by atoms with Crippen LogP contribution in [0.2, 0.25) is 0 Å². The summed E-state index contributed by atoms with van der Waals surface area (Å²) < 4.78 is 6.34. The van der Waals surface area contributed by atoms with Crippen molar-refractivity contribution in [1.82, 2.24) is 24.6 Å². The Morgan fingerprint density at radius 2 is 1.68 bits per heavy atom. The van der Waals surface area contributed by atoms with E-state index in [2.05, 4.69) is 20.9 Å². The highest BCUT2D eigenvalue weighted by Gasteiger charge is 2.32. The first-order valence-electron chi connectivity index (χ1n) is 12.4. The lowest BCUT2D eigenvalue weighted by Gasteiger charge is -2.25.